The summed E-state index contributed by atoms with van der Waals surface area (Å²) in [6.07, 6.45) is 1.83. The molecule has 30 rings (SSSR count). The van der Waals surface area contributed by atoms with Crippen LogP contribution in [0.25, 0.3) is 266 Å². The van der Waals surface area contributed by atoms with E-state index < -0.39 is 0 Å². The Morgan fingerprint density at radius 3 is 0.801 bits per heavy atom. The summed E-state index contributed by atoms with van der Waals surface area (Å²) in [5.74, 6) is 4.56. The van der Waals surface area contributed by atoms with Crippen LogP contribution >= 0.6 is 0 Å². The van der Waals surface area contributed by atoms with Crippen LogP contribution in [0.2, 0.25) is 0 Å². The highest BCUT2D eigenvalue weighted by molar-refractivity contribution is 6.17. The fourth-order valence-corrected chi connectivity index (χ4v) is 21.9. The second-order valence-electron chi connectivity index (χ2n) is 36.7. The number of rotatable bonds is 12. The Balaban J connectivity index is 0.000000111. The van der Waals surface area contributed by atoms with Crippen LogP contribution in [0.4, 0.5) is 0 Å². The number of aromatic nitrogens is 13. The maximum Gasteiger partial charge on any atom is 0.162 e. The molecule has 0 unspecified atom stereocenters. The first-order valence-electron chi connectivity index (χ1n) is 48.6. The Kier molecular flexibility index (Phi) is 21.3. The second-order valence-corrected chi connectivity index (χ2v) is 36.7. The predicted molar refractivity (Wildman–Crippen MR) is 609 cm³/mol. The molecule has 0 radical (unpaired) electrons. The topological polar surface area (TPSA) is 120 Å². The minimum Gasteiger partial charge on any atom is -0.309 e. The van der Waals surface area contributed by atoms with Crippen LogP contribution in [-0.2, 0) is 0 Å². The number of benzene rings is 20. The van der Waals surface area contributed by atoms with Gasteiger partial charge in [-0.25, -0.2) is 29.9 Å². The smallest absolute Gasteiger partial charge is 0.162 e. The summed E-state index contributed by atoms with van der Waals surface area (Å²) in [5.41, 5.74) is 26.8. The van der Waals surface area contributed by atoms with Crippen molar-refractivity contribution in [3.63, 3.8) is 0 Å². The van der Waals surface area contributed by atoms with Crippen molar-refractivity contribution in [1.82, 2.24) is 62.3 Å². The van der Waals surface area contributed by atoms with Crippen molar-refractivity contribution in [2.45, 2.75) is 14.9 Å². The molecule has 0 aliphatic heterocycles. The lowest BCUT2D eigenvalue weighted by Gasteiger charge is -2.13. The van der Waals surface area contributed by atoms with Gasteiger partial charge in [0.1, 0.15) is 17.5 Å². The maximum absolute atomic E-state index is 5.25. The molecule has 30 aromatic rings. The van der Waals surface area contributed by atoms with Crippen LogP contribution in [-0.4, -0.2) is 62.3 Å². The molecule has 0 aliphatic rings. The molecule has 0 fully saturated rings. The molecule has 0 atom stereocenters. The number of pyridine rings is 1. The lowest BCUT2D eigenvalue weighted by molar-refractivity contribution is 1.05. The fourth-order valence-electron chi connectivity index (χ4n) is 21.9. The highest BCUT2D eigenvalue weighted by Crippen LogP contribution is 2.45. The first-order chi connectivity index (χ1) is 71.4. The van der Waals surface area contributed by atoms with Crippen LogP contribution in [0.15, 0.2) is 504 Å². The van der Waals surface area contributed by atoms with Crippen molar-refractivity contribution in [2.24, 2.45) is 0 Å². The molecule has 0 N–H and O–H groups in total. The molecular formula is C133H91N13. The molecule has 10 aromatic heterocycles. The Labute approximate surface area is 840 Å². The van der Waals surface area contributed by atoms with E-state index in [1.54, 1.807) is 0 Å². The van der Waals surface area contributed by atoms with E-state index in [2.05, 4.69) is 469 Å². The first-order valence-corrected chi connectivity index (χ1v) is 48.6. The molecule has 13 nitrogen and oxygen atoms in total. The molecule has 13 heteroatoms. The standard InChI is InChI=1S/2C44H28N4.C43H27N5.2CH4/c1-2-14-30(15-3-1)44-45-38(33-21-12-16-29-13-4-5-17-32(29)33)28-43(46-44)48-41-24-11-8-20-36(41)37-27-31(25-26-42(37)48)47-39-22-9-6-18-34(39)35-19-7-10-23-40(35)47;1-2-13-30(14-3-1)44-45-38(32-23-22-29-12-4-5-15-31(29)26-32)28-43(46-44)48-41-21-11-8-18-36(41)37-27-33(24-25-42(37)48)47-39-19-9-6-16-34(39)35-17-7-10-20-40(35)47;1-2-11-29(12-3-1)43-45-37(30-21-20-28-13-10-24-44-36(28)25-30)27-42(46-43)48-40-19-9-6-16-34(40)35-26-31(22-23-41(35)48)47-38-17-7-4-14-32(38)33-15-5-8-18-39(33)47;;/h2*1-28H;1-27H;2*1H4. The lowest BCUT2D eigenvalue weighted by Crippen LogP contribution is -2.03. The van der Waals surface area contributed by atoms with Crippen molar-refractivity contribution < 1.29 is 0 Å². The van der Waals surface area contributed by atoms with Crippen molar-refractivity contribution in [2.75, 3.05) is 0 Å². The zero-order valence-electron chi connectivity index (χ0n) is 77.7. The molecule has 688 valence electrons. The number of hydrogen-bond donors (Lipinski definition) is 0. The number of nitrogens with zero attached hydrogens (tertiary/aromatic N) is 13. The van der Waals surface area contributed by atoms with Gasteiger partial charge in [0.2, 0.25) is 0 Å². The minimum atomic E-state index is 0. The van der Waals surface area contributed by atoms with E-state index in [-0.39, 0.29) is 14.9 Å². The van der Waals surface area contributed by atoms with Gasteiger partial charge >= 0.3 is 0 Å². The molecule has 0 amide bonds. The van der Waals surface area contributed by atoms with Gasteiger partial charge in [-0.3, -0.25) is 18.7 Å². The summed E-state index contributed by atoms with van der Waals surface area (Å²) in [6.45, 7) is 0. The van der Waals surface area contributed by atoms with Crippen molar-refractivity contribution in [1.29, 1.82) is 0 Å². The van der Waals surface area contributed by atoms with Crippen molar-refractivity contribution >= 4 is 163 Å². The third-order valence-electron chi connectivity index (χ3n) is 28.4. The maximum atomic E-state index is 5.25. The molecule has 20 aromatic carbocycles. The van der Waals surface area contributed by atoms with Gasteiger partial charge in [-0.2, -0.15) is 0 Å². The van der Waals surface area contributed by atoms with E-state index in [0.29, 0.717) is 17.5 Å². The third kappa shape index (κ3) is 14.7. The van der Waals surface area contributed by atoms with E-state index >= 15 is 0 Å². The molecule has 0 saturated heterocycles. The zero-order chi connectivity index (χ0) is 94.8. The van der Waals surface area contributed by atoms with E-state index in [1.165, 1.54) is 119 Å². The Hall–Kier alpha value is -19.6. The summed E-state index contributed by atoms with van der Waals surface area (Å²) < 4.78 is 14.0. The van der Waals surface area contributed by atoms with E-state index in [1.807, 2.05) is 66.9 Å². The van der Waals surface area contributed by atoms with Gasteiger partial charge in [-0.05, 0) is 149 Å². The lowest BCUT2D eigenvalue weighted by atomic mass is 10.0. The highest BCUT2D eigenvalue weighted by Gasteiger charge is 2.26. The van der Waals surface area contributed by atoms with Crippen molar-refractivity contribution in [3.05, 3.63) is 504 Å². The quantitative estimate of drug-likeness (QED) is 0.119. The van der Waals surface area contributed by atoms with Crippen LogP contribution in [0.1, 0.15) is 14.9 Å². The van der Waals surface area contributed by atoms with Gasteiger partial charge in [0.25, 0.3) is 0 Å². The number of fused-ring (bicyclic) bond motifs is 21. The van der Waals surface area contributed by atoms with E-state index in [9.17, 15) is 0 Å². The number of hydrogen-bond acceptors (Lipinski definition) is 7. The summed E-state index contributed by atoms with van der Waals surface area (Å²) in [7, 11) is 0. The largest absolute Gasteiger partial charge is 0.309 e. The second kappa shape index (κ2) is 35.9. The number of para-hydroxylation sites is 9. The molecule has 10 heterocycles. The Morgan fingerprint density at radius 2 is 0.425 bits per heavy atom. The average Bonchev–Trinajstić information content (AvgIpc) is 1.58. The molecular weight excluding hydrogens is 1780 g/mol. The summed E-state index contributed by atoms with van der Waals surface area (Å²) in [4.78, 5) is 35.7. The molecule has 0 spiro atoms. The first kappa shape index (κ1) is 86.7. The van der Waals surface area contributed by atoms with Crippen LogP contribution in [0, 0.1) is 0 Å². The van der Waals surface area contributed by atoms with E-state index in [4.69, 9.17) is 29.9 Å². The van der Waals surface area contributed by atoms with Gasteiger partial charge in [0, 0.05) is 145 Å². The van der Waals surface area contributed by atoms with Gasteiger partial charge < -0.3 is 13.7 Å². The highest BCUT2D eigenvalue weighted by atomic mass is 15.1. The Morgan fingerprint density at radius 1 is 0.151 bits per heavy atom. The zero-order valence-corrected chi connectivity index (χ0v) is 77.7. The Bertz CT molecular complexity index is 9830. The summed E-state index contributed by atoms with van der Waals surface area (Å²) in [6, 6.07) is 176. The average molecular weight is 1870 g/mol. The summed E-state index contributed by atoms with van der Waals surface area (Å²) >= 11 is 0. The van der Waals surface area contributed by atoms with Crippen molar-refractivity contribution in [3.8, 4) is 102 Å². The molecule has 0 saturated carbocycles. The van der Waals surface area contributed by atoms with Crippen LogP contribution < -0.4 is 0 Å². The van der Waals surface area contributed by atoms with Gasteiger partial charge in [0.15, 0.2) is 17.5 Å². The van der Waals surface area contributed by atoms with E-state index in [0.717, 1.165) is 129 Å². The SMILES string of the molecule is C.C.c1ccc(-c2nc(-c3ccc4ccccc4c3)cc(-n3c4ccccc4c4cc(-n5c6ccccc6c6ccccc65)ccc43)n2)cc1.c1ccc(-c2nc(-c3ccc4cccnc4c3)cc(-n3c4ccccc4c4cc(-n5c6ccccc6c6ccccc65)ccc43)n2)cc1.c1ccc(-c2nc(-c3cccc4ccccc34)cc(-n3c4ccccc4c4cc(-n5c6ccccc6c6ccccc65)ccc43)n2)cc1. The van der Waals surface area contributed by atoms with Gasteiger partial charge in [-0.15, -0.1) is 0 Å². The molecule has 0 aliphatic carbocycles. The predicted octanol–water partition coefficient (Wildman–Crippen LogP) is 34.1. The molecule has 146 heavy (non-hydrogen) atoms. The normalized spacial score (nSPS) is 11.6. The monoisotopic (exact) mass is 1870 g/mol. The minimum absolute atomic E-state index is 0. The fraction of sp³-hybridized carbons (Fsp3) is 0.0150. The van der Waals surface area contributed by atoms with Gasteiger partial charge in [0.05, 0.1) is 88.8 Å². The van der Waals surface area contributed by atoms with Crippen LogP contribution in [0.3, 0.4) is 0 Å². The van der Waals surface area contributed by atoms with Crippen LogP contribution in [0.5, 0.6) is 0 Å². The third-order valence-corrected chi connectivity index (χ3v) is 28.4. The summed E-state index contributed by atoms with van der Waals surface area (Å²) in [5, 5.41) is 20.4. The molecule has 0 bridgehead atoms. The van der Waals surface area contributed by atoms with Gasteiger partial charge in [-0.1, -0.05) is 367 Å².